The minimum atomic E-state index is -4.48. The Balaban J connectivity index is 1.77. The van der Waals surface area contributed by atoms with Crippen molar-refractivity contribution < 1.29 is 37.2 Å². The number of sulfonamides is 1. The molecule has 14 nitrogen and oxygen atoms in total. The number of rotatable bonds is 9. The second kappa shape index (κ2) is 12.1. The van der Waals surface area contributed by atoms with Gasteiger partial charge in [-0.25, -0.2) is 12.8 Å². The predicted molar refractivity (Wildman–Crippen MR) is 153 cm³/mol. The maximum absolute atomic E-state index is 13.9. The number of halogens is 1. The third kappa shape index (κ3) is 6.60. The highest BCUT2D eigenvalue weighted by atomic mass is 32.2. The van der Waals surface area contributed by atoms with E-state index in [4.69, 9.17) is 0 Å². The van der Waals surface area contributed by atoms with Crippen LogP contribution in [0.2, 0.25) is 0 Å². The minimum absolute atomic E-state index is 0.0783. The van der Waals surface area contributed by atoms with Gasteiger partial charge in [0.15, 0.2) is 6.17 Å². The lowest BCUT2D eigenvalue weighted by Gasteiger charge is -2.30. The van der Waals surface area contributed by atoms with E-state index in [1.807, 2.05) is 20.8 Å². The third-order valence-electron chi connectivity index (χ3n) is 7.09. The summed E-state index contributed by atoms with van der Waals surface area (Å²) < 4.78 is 43.1. The lowest BCUT2D eigenvalue weighted by molar-refractivity contribution is -0.384. The number of amides is 2. The molecule has 1 fully saturated rings. The molecule has 0 aliphatic carbocycles. The molecule has 44 heavy (non-hydrogen) atoms. The van der Waals surface area contributed by atoms with E-state index in [-0.39, 0.29) is 34.9 Å². The first-order chi connectivity index (χ1) is 20.5. The smallest absolute Gasteiger partial charge is 0.305 e. The summed E-state index contributed by atoms with van der Waals surface area (Å²) in [5.41, 5.74) is -0.0456. The van der Waals surface area contributed by atoms with E-state index in [1.54, 1.807) is 6.07 Å². The van der Waals surface area contributed by atoms with Gasteiger partial charge in [0.2, 0.25) is 10.0 Å². The zero-order chi connectivity index (χ0) is 32.6. The highest BCUT2D eigenvalue weighted by Gasteiger charge is 2.48. The molecule has 2 aromatic carbocycles. The Kier molecular flexibility index (Phi) is 8.88. The third-order valence-corrected chi connectivity index (χ3v) is 8.96. The van der Waals surface area contributed by atoms with Crippen LogP contribution in [0.1, 0.15) is 55.0 Å². The van der Waals surface area contributed by atoms with Crippen molar-refractivity contribution in [1.82, 2.24) is 24.3 Å². The van der Waals surface area contributed by atoms with Crippen LogP contribution in [-0.4, -0.2) is 74.5 Å². The topological polar surface area (TPSA) is 185 Å². The number of aliphatic carboxylic acids is 1. The van der Waals surface area contributed by atoms with E-state index < -0.39 is 62.6 Å². The molecule has 4 rings (SSSR count). The molecular weight excluding hydrogens is 599 g/mol. The van der Waals surface area contributed by atoms with E-state index in [1.165, 1.54) is 29.9 Å². The lowest BCUT2D eigenvalue weighted by atomic mass is 9.92. The first-order valence-corrected chi connectivity index (χ1v) is 14.8. The van der Waals surface area contributed by atoms with E-state index in [2.05, 4.69) is 10.4 Å². The molecule has 3 aromatic rings. The molecule has 0 bridgehead atoms. The number of hydrogen-bond donors (Lipinski definition) is 2. The van der Waals surface area contributed by atoms with Crippen molar-refractivity contribution in [1.29, 1.82) is 0 Å². The minimum Gasteiger partial charge on any atom is -0.481 e. The van der Waals surface area contributed by atoms with Gasteiger partial charge in [0.05, 0.1) is 28.0 Å². The second-order valence-corrected chi connectivity index (χ2v) is 13.1. The highest BCUT2D eigenvalue weighted by Crippen LogP contribution is 2.29. The van der Waals surface area contributed by atoms with Crippen LogP contribution in [0.25, 0.3) is 0 Å². The van der Waals surface area contributed by atoms with Gasteiger partial charge in [-0.3, -0.25) is 29.2 Å². The second-order valence-electron chi connectivity index (χ2n) is 11.2. The van der Waals surface area contributed by atoms with Crippen molar-refractivity contribution in [2.75, 3.05) is 13.1 Å². The Morgan fingerprint density at radius 1 is 1.14 bits per heavy atom. The number of nitrogens with one attached hydrogen (secondary N) is 1. The van der Waals surface area contributed by atoms with Crippen LogP contribution >= 0.6 is 0 Å². The highest BCUT2D eigenvalue weighted by molar-refractivity contribution is 7.89. The van der Waals surface area contributed by atoms with Gasteiger partial charge in [0.25, 0.3) is 17.5 Å². The van der Waals surface area contributed by atoms with Crippen molar-refractivity contribution >= 4 is 33.5 Å². The number of aromatic nitrogens is 2. The number of carbonyl (C=O) groups is 3. The quantitative estimate of drug-likeness (QED) is 0.265. The fourth-order valence-corrected chi connectivity index (χ4v) is 6.34. The van der Waals surface area contributed by atoms with Gasteiger partial charge < -0.3 is 15.3 Å². The molecule has 16 heteroatoms. The standard InChI is InChI=1S/C28H31FN6O8S/c1-28(2,3)23-16-22(32(4)31-23)27(39)33-12-13-34(44(42,43)20-10-8-18(29)9-11-20)26(33)25(38)30-21(15-24(36)37)17-6-5-7-19(14-17)35(40)41/h5-11,14,16,21,26H,12-13,15H2,1-4H3,(H,30,38)(H,36,37). The van der Waals surface area contributed by atoms with Crippen LogP contribution in [0, 0.1) is 15.9 Å². The summed E-state index contributed by atoms with van der Waals surface area (Å²) in [5.74, 6) is -3.78. The van der Waals surface area contributed by atoms with Gasteiger partial charge in [0.1, 0.15) is 11.5 Å². The Morgan fingerprint density at radius 3 is 2.36 bits per heavy atom. The first-order valence-electron chi connectivity index (χ1n) is 13.4. The SMILES string of the molecule is Cn1nc(C(C)(C)C)cc1C(=O)N1CCN(S(=O)(=O)c2ccc(F)cc2)C1C(=O)NC(CC(=O)O)c1cccc([N+](=O)[O-])c1. The number of hydrogen-bond acceptors (Lipinski definition) is 8. The molecular formula is C28H31FN6O8S. The molecule has 2 N–H and O–H groups in total. The monoisotopic (exact) mass is 630 g/mol. The molecule has 1 saturated heterocycles. The number of carbonyl (C=O) groups excluding carboxylic acids is 2. The van der Waals surface area contributed by atoms with Gasteiger partial charge in [-0.15, -0.1) is 0 Å². The Bertz CT molecular complexity index is 1720. The first kappa shape index (κ1) is 32.2. The maximum Gasteiger partial charge on any atom is 0.305 e. The number of carboxylic acid groups (broad SMARTS) is 1. The molecule has 0 radical (unpaired) electrons. The largest absolute Gasteiger partial charge is 0.481 e. The van der Waals surface area contributed by atoms with Gasteiger partial charge in [-0.05, 0) is 35.9 Å². The summed E-state index contributed by atoms with van der Waals surface area (Å²) in [7, 11) is -2.95. The number of benzene rings is 2. The van der Waals surface area contributed by atoms with Crippen molar-refractivity contribution in [2.24, 2.45) is 7.05 Å². The summed E-state index contributed by atoms with van der Waals surface area (Å²) >= 11 is 0. The van der Waals surface area contributed by atoms with Gasteiger partial charge in [-0.2, -0.15) is 9.40 Å². The van der Waals surface area contributed by atoms with Crippen LogP contribution in [0.4, 0.5) is 10.1 Å². The molecule has 0 saturated carbocycles. The molecule has 1 aliphatic rings. The molecule has 1 aliphatic heterocycles. The number of carboxylic acids is 1. The van der Waals surface area contributed by atoms with Gasteiger partial charge >= 0.3 is 5.97 Å². The fraction of sp³-hybridized carbons (Fsp3) is 0.357. The van der Waals surface area contributed by atoms with Crippen LogP contribution in [-0.2, 0) is 32.1 Å². The van der Waals surface area contributed by atoms with Crippen molar-refractivity contribution in [3.05, 3.63) is 87.5 Å². The summed E-state index contributed by atoms with van der Waals surface area (Å²) in [4.78, 5) is 50.9. The van der Waals surface area contributed by atoms with Crippen LogP contribution in [0.3, 0.4) is 0 Å². The number of non-ortho nitro benzene ring substituents is 1. The normalized spacial score (nSPS) is 16.5. The van der Waals surface area contributed by atoms with Gasteiger partial charge in [0, 0.05) is 37.7 Å². The number of nitro benzene ring substituents is 1. The Morgan fingerprint density at radius 2 is 1.80 bits per heavy atom. The van der Waals surface area contributed by atoms with E-state index in [9.17, 15) is 42.4 Å². The van der Waals surface area contributed by atoms with E-state index >= 15 is 0 Å². The summed E-state index contributed by atoms with van der Waals surface area (Å²) in [6, 6.07) is 9.15. The number of nitro groups is 1. The maximum atomic E-state index is 13.9. The van der Waals surface area contributed by atoms with Crippen molar-refractivity contribution in [2.45, 2.75) is 49.7 Å². The summed E-state index contributed by atoms with van der Waals surface area (Å²) in [6.45, 7) is 5.15. The Labute approximate surface area is 252 Å². The van der Waals surface area contributed by atoms with E-state index in [0.717, 1.165) is 39.5 Å². The average molecular weight is 631 g/mol. The number of aryl methyl sites for hydroxylation is 1. The molecule has 2 unspecified atom stereocenters. The molecule has 2 amide bonds. The summed E-state index contributed by atoms with van der Waals surface area (Å²) in [6.07, 6.45) is -2.49. The molecule has 0 spiro atoms. The average Bonchev–Trinajstić information content (AvgIpc) is 3.57. The van der Waals surface area contributed by atoms with Crippen molar-refractivity contribution in [3.8, 4) is 0 Å². The van der Waals surface area contributed by atoms with Crippen LogP contribution in [0.5, 0.6) is 0 Å². The van der Waals surface area contributed by atoms with Crippen molar-refractivity contribution in [3.63, 3.8) is 0 Å². The molecule has 2 heterocycles. The van der Waals surface area contributed by atoms with E-state index in [0.29, 0.717) is 5.69 Å². The fourth-order valence-electron chi connectivity index (χ4n) is 4.79. The van der Waals surface area contributed by atoms with Crippen LogP contribution < -0.4 is 5.32 Å². The van der Waals surface area contributed by atoms with Gasteiger partial charge in [-0.1, -0.05) is 32.9 Å². The zero-order valence-electron chi connectivity index (χ0n) is 24.3. The van der Waals surface area contributed by atoms with Crippen LogP contribution in [0.15, 0.2) is 59.5 Å². The lowest BCUT2D eigenvalue weighted by Crippen LogP contribution is -2.54. The molecule has 1 aromatic heterocycles. The number of nitrogens with zero attached hydrogens (tertiary/aromatic N) is 5. The zero-order valence-corrected chi connectivity index (χ0v) is 25.1. The molecule has 2 atom stereocenters. The molecule has 234 valence electrons. The Hall–Kier alpha value is -4.70. The predicted octanol–water partition coefficient (Wildman–Crippen LogP) is 2.57. The summed E-state index contributed by atoms with van der Waals surface area (Å²) in [5, 5.41) is 27.8.